The predicted molar refractivity (Wildman–Crippen MR) is 114 cm³/mol. The zero-order chi connectivity index (χ0) is 20.2. The van der Waals surface area contributed by atoms with Crippen molar-refractivity contribution in [3.05, 3.63) is 78.1 Å². The molecule has 1 aromatic carbocycles. The second kappa shape index (κ2) is 8.41. The average molecular weight is 387 g/mol. The molecule has 3 aromatic rings. The number of hydrogen-bond acceptors (Lipinski definition) is 4. The largest absolute Gasteiger partial charge is 0.344 e. The SMILES string of the molecule is CC(NC(=O)c1cc(-c2ccccc2)n(-c2ccccn2)n1)C1=CCN(C)CC1. The van der Waals surface area contributed by atoms with Gasteiger partial charge in [0.05, 0.1) is 5.69 Å². The molecular formula is C23H25N5O. The number of pyridine rings is 1. The number of nitrogens with one attached hydrogen (secondary N) is 1. The molecule has 2 aromatic heterocycles. The maximum Gasteiger partial charge on any atom is 0.272 e. The molecular weight excluding hydrogens is 362 g/mol. The van der Waals surface area contributed by atoms with Crippen molar-refractivity contribution in [3.63, 3.8) is 0 Å². The number of benzene rings is 1. The van der Waals surface area contributed by atoms with Gasteiger partial charge in [0.1, 0.15) is 0 Å². The van der Waals surface area contributed by atoms with Crippen LogP contribution in [0.1, 0.15) is 23.8 Å². The van der Waals surface area contributed by atoms with Crippen molar-refractivity contribution < 1.29 is 4.79 Å². The van der Waals surface area contributed by atoms with Crippen molar-refractivity contribution >= 4 is 5.91 Å². The highest BCUT2D eigenvalue weighted by Gasteiger charge is 2.21. The van der Waals surface area contributed by atoms with Crippen molar-refractivity contribution in [3.8, 4) is 17.1 Å². The number of amides is 1. The van der Waals surface area contributed by atoms with Gasteiger partial charge in [-0.1, -0.05) is 42.5 Å². The highest BCUT2D eigenvalue weighted by atomic mass is 16.2. The van der Waals surface area contributed by atoms with Crippen LogP contribution in [0.15, 0.2) is 72.4 Å². The lowest BCUT2D eigenvalue weighted by atomic mass is 10.0. The molecule has 148 valence electrons. The third kappa shape index (κ3) is 4.27. The molecule has 6 heteroatoms. The predicted octanol–water partition coefficient (Wildman–Crippen LogP) is 3.31. The Hall–Kier alpha value is -3.25. The van der Waals surface area contributed by atoms with E-state index in [2.05, 4.69) is 33.4 Å². The molecule has 1 aliphatic heterocycles. The molecule has 0 fully saturated rings. The van der Waals surface area contributed by atoms with Crippen molar-refractivity contribution in [1.29, 1.82) is 0 Å². The molecule has 1 amide bonds. The Morgan fingerprint density at radius 3 is 2.62 bits per heavy atom. The van der Waals surface area contributed by atoms with E-state index < -0.39 is 0 Å². The summed E-state index contributed by atoms with van der Waals surface area (Å²) in [7, 11) is 2.10. The monoisotopic (exact) mass is 387 g/mol. The molecule has 3 heterocycles. The summed E-state index contributed by atoms with van der Waals surface area (Å²) in [5, 5.41) is 7.68. The summed E-state index contributed by atoms with van der Waals surface area (Å²) in [6, 6.07) is 17.4. The summed E-state index contributed by atoms with van der Waals surface area (Å²) in [5.74, 6) is 0.501. The second-order valence-electron chi connectivity index (χ2n) is 7.37. The number of hydrogen-bond donors (Lipinski definition) is 1. The van der Waals surface area contributed by atoms with Gasteiger partial charge in [-0.2, -0.15) is 5.10 Å². The normalized spacial score (nSPS) is 15.6. The Morgan fingerprint density at radius 1 is 1.14 bits per heavy atom. The second-order valence-corrected chi connectivity index (χ2v) is 7.37. The van der Waals surface area contributed by atoms with E-state index in [9.17, 15) is 4.79 Å². The van der Waals surface area contributed by atoms with Gasteiger partial charge in [0.15, 0.2) is 11.5 Å². The summed E-state index contributed by atoms with van der Waals surface area (Å²) >= 11 is 0. The maximum atomic E-state index is 12.9. The molecule has 29 heavy (non-hydrogen) atoms. The molecule has 0 saturated heterocycles. The number of carbonyl (C=O) groups excluding carboxylic acids is 1. The van der Waals surface area contributed by atoms with Crippen LogP contribution in [-0.2, 0) is 0 Å². The molecule has 0 radical (unpaired) electrons. The molecule has 0 saturated carbocycles. The van der Waals surface area contributed by atoms with Crippen LogP contribution < -0.4 is 5.32 Å². The van der Waals surface area contributed by atoms with Gasteiger partial charge >= 0.3 is 0 Å². The van der Waals surface area contributed by atoms with Gasteiger partial charge in [-0.25, -0.2) is 9.67 Å². The topological polar surface area (TPSA) is 63.1 Å². The third-order valence-corrected chi connectivity index (χ3v) is 5.23. The lowest BCUT2D eigenvalue weighted by Gasteiger charge is -2.25. The van der Waals surface area contributed by atoms with Crippen molar-refractivity contribution in [2.75, 3.05) is 20.1 Å². The molecule has 1 atom stereocenters. The standard InChI is InChI=1S/C23H25N5O/c1-17(18-11-14-27(2)15-12-18)25-23(29)20-16-21(19-8-4-3-5-9-19)28(26-20)22-10-6-7-13-24-22/h3-11,13,16-17H,12,14-15H2,1-2H3,(H,25,29). The van der Waals surface area contributed by atoms with Gasteiger partial charge in [0, 0.05) is 30.9 Å². The van der Waals surface area contributed by atoms with Crippen LogP contribution in [0.25, 0.3) is 17.1 Å². The van der Waals surface area contributed by atoms with E-state index in [0.717, 1.165) is 30.8 Å². The molecule has 1 N–H and O–H groups in total. The highest BCUT2D eigenvalue weighted by Crippen LogP contribution is 2.23. The van der Waals surface area contributed by atoms with E-state index in [1.165, 1.54) is 5.57 Å². The summed E-state index contributed by atoms with van der Waals surface area (Å²) in [6.07, 6.45) is 4.89. The Morgan fingerprint density at radius 2 is 1.93 bits per heavy atom. The zero-order valence-electron chi connectivity index (χ0n) is 16.7. The Balaban J connectivity index is 1.62. The van der Waals surface area contributed by atoms with E-state index in [1.807, 2.05) is 61.5 Å². The van der Waals surface area contributed by atoms with Gasteiger partial charge in [0.2, 0.25) is 0 Å². The minimum absolute atomic E-state index is 0.0172. The fraction of sp³-hybridized carbons (Fsp3) is 0.261. The van der Waals surface area contributed by atoms with E-state index in [1.54, 1.807) is 10.9 Å². The van der Waals surface area contributed by atoms with Crippen LogP contribution in [0, 0.1) is 0 Å². The number of nitrogens with zero attached hydrogens (tertiary/aromatic N) is 4. The van der Waals surface area contributed by atoms with Gasteiger partial charge in [0.25, 0.3) is 5.91 Å². The number of rotatable bonds is 5. The summed E-state index contributed by atoms with van der Waals surface area (Å²) in [5.41, 5.74) is 3.47. The quantitative estimate of drug-likeness (QED) is 0.682. The van der Waals surface area contributed by atoms with Crippen LogP contribution >= 0.6 is 0 Å². The molecule has 1 aliphatic rings. The number of aromatic nitrogens is 3. The van der Waals surface area contributed by atoms with Crippen LogP contribution in [0.2, 0.25) is 0 Å². The minimum Gasteiger partial charge on any atom is -0.344 e. The zero-order valence-corrected chi connectivity index (χ0v) is 16.7. The van der Waals surface area contributed by atoms with Gasteiger partial charge in [-0.05, 0) is 44.2 Å². The lowest BCUT2D eigenvalue weighted by molar-refractivity contribution is 0.0938. The first-order chi connectivity index (χ1) is 14.1. The maximum absolute atomic E-state index is 12.9. The molecule has 0 bridgehead atoms. The van der Waals surface area contributed by atoms with Crippen LogP contribution in [0.3, 0.4) is 0 Å². The van der Waals surface area contributed by atoms with Crippen molar-refractivity contribution in [2.45, 2.75) is 19.4 Å². The first kappa shape index (κ1) is 19.1. The molecule has 0 aliphatic carbocycles. The first-order valence-corrected chi connectivity index (χ1v) is 9.87. The molecule has 1 unspecified atom stereocenters. The van der Waals surface area contributed by atoms with E-state index in [0.29, 0.717) is 11.5 Å². The Labute approximate surface area is 170 Å². The summed E-state index contributed by atoms with van der Waals surface area (Å²) in [6.45, 7) is 3.96. The van der Waals surface area contributed by atoms with Gasteiger partial charge in [-0.3, -0.25) is 4.79 Å². The molecule has 6 nitrogen and oxygen atoms in total. The average Bonchev–Trinajstić information content (AvgIpc) is 3.21. The van der Waals surface area contributed by atoms with Gasteiger partial charge < -0.3 is 10.2 Å². The van der Waals surface area contributed by atoms with E-state index >= 15 is 0 Å². The fourth-order valence-electron chi connectivity index (χ4n) is 3.50. The number of carbonyl (C=O) groups is 1. The summed E-state index contributed by atoms with van der Waals surface area (Å²) in [4.78, 5) is 19.6. The molecule has 4 rings (SSSR count). The Bertz CT molecular complexity index is 953. The highest BCUT2D eigenvalue weighted by molar-refractivity contribution is 5.94. The first-order valence-electron chi connectivity index (χ1n) is 9.87. The summed E-state index contributed by atoms with van der Waals surface area (Å²) < 4.78 is 1.73. The third-order valence-electron chi connectivity index (χ3n) is 5.23. The van der Waals surface area contributed by atoms with E-state index in [-0.39, 0.29) is 11.9 Å². The van der Waals surface area contributed by atoms with Crippen LogP contribution in [0.4, 0.5) is 0 Å². The minimum atomic E-state index is -0.177. The van der Waals surface area contributed by atoms with Crippen molar-refractivity contribution in [2.24, 2.45) is 0 Å². The lowest BCUT2D eigenvalue weighted by Crippen LogP contribution is -2.37. The number of likely N-dealkylation sites (N-methyl/N-ethyl adjacent to an activating group) is 1. The smallest absolute Gasteiger partial charge is 0.272 e. The fourth-order valence-corrected chi connectivity index (χ4v) is 3.50. The van der Waals surface area contributed by atoms with Crippen molar-refractivity contribution in [1.82, 2.24) is 25.0 Å². The Kier molecular flexibility index (Phi) is 5.53. The molecule has 0 spiro atoms. The van der Waals surface area contributed by atoms with Gasteiger partial charge in [-0.15, -0.1) is 0 Å². The van der Waals surface area contributed by atoms with Crippen LogP contribution in [-0.4, -0.2) is 51.8 Å². The van der Waals surface area contributed by atoms with Crippen LogP contribution in [0.5, 0.6) is 0 Å². The van der Waals surface area contributed by atoms with E-state index in [4.69, 9.17) is 0 Å².